The van der Waals surface area contributed by atoms with Crippen molar-refractivity contribution in [1.82, 2.24) is 4.72 Å². The molecule has 0 aliphatic heterocycles. The van der Waals surface area contributed by atoms with Gasteiger partial charge >= 0.3 is 0 Å². The van der Waals surface area contributed by atoms with Crippen molar-refractivity contribution in [2.75, 3.05) is 0 Å². The van der Waals surface area contributed by atoms with Gasteiger partial charge in [-0.1, -0.05) is 23.7 Å². The second-order valence-corrected chi connectivity index (χ2v) is 5.85. The highest BCUT2D eigenvalue weighted by molar-refractivity contribution is 7.88. The van der Waals surface area contributed by atoms with E-state index in [1.165, 1.54) is 0 Å². The highest BCUT2D eigenvalue weighted by atomic mass is 35.5. The van der Waals surface area contributed by atoms with Crippen LogP contribution in [0.15, 0.2) is 24.3 Å². The lowest BCUT2D eigenvalue weighted by molar-refractivity contribution is 0.569. The Labute approximate surface area is 95.5 Å². The summed E-state index contributed by atoms with van der Waals surface area (Å²) in [5.74, 6) is -0.0116. The fraction of sp³-hybridized carbons (Fsp3) is 0.400. The zero-order chi connectivity index (χ0) is 11.5. The molecule has 0 aliphatic carbocycles. The van der Waals surface area contributed by atoms with Gasteiger partial charge in [-0.05, 0) is 31.5 Å². The molecule has 1 rings (SSSR count). The van der Waals surface area contributed by atoms with Gasteiger partial charge in [-0.15, -0.1) is 0 Å². The highest BCUT2D eigenvalue weighted by Gasteiger charge is 2.12. The van der Waals surface area contributed by atoms with Crippen LogP contribution >= 0.6 is 11.6 Å². The Hall–Kier alpha value is -0.580. The third kappa shape index (κ3) is 4.64. The Morgan fingerprint density at radius 3 is 2.27 bits per heavy atom. The van der Waals surface area contributed by atoms with Gasteiger partial charge in [0.15, 0.2) is 0 Å². The maximum Gasteiger partial charge on any atom is 0.216 e. The maximum atomic E-state index is 11.6. The van der Waals surface area contributed by atoms with Crippen molar-refractivity contribution < 1.29 is 8.42 Å². The smallest absolute Gasteiger partial charge is 0.212 e. The minimum absolute atomic E-state index is 0.0116. The van der Waals surface area contributed by atoms with Crippen molar-refractivity contribution in [3.63, 3.8) is 0 Å². The Kier molecular flexibility index (Phi) is 4.13. The maximum absolute atomic E-state index is 11.6. The normalized spacial score (nSPS) is 12.0. The Morgan fingerprint density at radius 2 is 1.80 bits per heavy atom. The van der Waals surface area contributed by atoms with E-state index in [0.717, 1.165) is 5.56 Å². The lowest BCUT2D eigenvalue weighted by Gasteiger charge is -2.09. The molecule has 0 bridgehead atoms. The van der Waals surface area contributed by atoms with E-state index in [0.29, 0.717) is 5.02 Å². The number of hydrogen-bond acceptors (Lipinski definition) is 2. The van der Waals surface area contributed by atoms with Gasteiger partial charge in [0.2, 0.25) is 10.0 Å². The lowest BCUT2D eigenvalue weighted by atomic mass is 10.2. The topological polar surface area (TPSA) is 46.2 Å². The minimum atomic E-state index is -3.24. The van der Waals surface area contributed by atoms with Gasteiger partial charge in [0.05, 0.1) is 5.75 Å². The van der Waals surface area contributed by atoms with Crippen LogP contribution in [0, 0.1) is 0 Å². The molecule has 0 unspecified atom stereocenters. The fourth-order valence-electron chi connectivity index (χ4n) is 1.20. The van der Waals surface area contributed by atoms with Gasteiger partial charge in [-0.25, -0.2) is 13.1 Å². The number of sulfonamides is 1. The van der Waals surface area contributed by atoms with Gasteiger partial charge in [-0.2, -0.15) is 0 Å². The second kappa shape index (κ2) is 4.96. The van der Waals surface area contributed by atoms with Crippen LogP contribution in [0.1, 0.15) is 19.4 Å². The number of hydrogen-bond donors (Lipinski definition) is 1. The number of benzene rings is 1. The van der Waals surface area contributed by atoms with Crippen LogP contribution in [0.3, 0.4) is 0 Å². The van der Waals surface area contributed by atoms with Crippen molar-refractivity contribution in [3.8, 4) is 0 Å². The molecule has 0 saturated heterocycles. The van der Waals surface area contributed by atoms with E-state index in [1.54, 1.807) is 38.1 Å². The SMILES string of the molecule is CC(C)NS(=O)(=O)Cc1ccc(Cl)cc1. The van der Waals surface area contributed by atoms with Crippen LogP contribution < -0.4 is 4.72 Å². The zero-order valence-electron chi connectivity index (χ0n) is 8.70. The molecule has 15 heavy (non-hydrogen) atoms. The highest BCUT2D eigenvalue weighted by Crippen LogP contribution is 2.11. The first-order chi connectivity index (χ1) is 6.89. The van der Waals surface area contributed by atoms with E-state index in [4.69, 9.17) is 11.6 Å². The van der Waals surface area contributed by atoms with Crippen molar-refractivity contribution in [1.29, 1.82) is 0 Å². The first kappa shape index (κ1) is 12.5. The lowest BCUT2D eigenvalue weighted by Crippen LogP contribution is -2.31. The van der Waals surface area contributed by atoms with E-state index in [9.17, 15) is 8.42 Å². The number of halogens is 1. The monoisotopic (exact) mass is 247 g/mol. The zero-order valence-corrected chi connectivity index (χ0v) is 10.3. The summed E-state index contributed by atoms with van der Waals surface area (Å²) in [5.41, 5.74) is 0.729. The summed E-state index contributed by atoms with van der Waals surface area (Å²) >= 11 is 5.70. The average Bonchev–Trinajstić information content (AvgIpc) is 2.06. The van der Waals surface area contributed by atoms with Crippen molar-refractivity contribution in [2.24, 2.45) is 0 Å². The largest absolute Gasteiger partial charge is 0.216 e. The first-order valence-corrected chi connectivity index (χ1v) is 6.66. The van der Waals surface area contributed by atoms with Crippen LogP contribution in [-0.4, -0.2) is 14.5 Å². The molecule has 0 atom stereocenters. The third-order valence-electron chi connectivity index (χ3n) is 1.69. The molecule has 0 heterocycles. The van der Waals surface area contributed by atoms with Crippen LogP contribution in [0.25, 0.3) is 0 Å². The predicted molar refractivity (Wildman–Crippen MR) is 62.3 cm³/mol. The fourth-order valence-corrected chi connectivity index (χ4v) is 2.76. The van der Waals surface area contributed by atoms with E-state index >= 15 is 0 Å². The molecule has 1 N–H and O–H groups in total. The third-order valence-corrected chi connectivity index (χ3v) is 3.48. The summed E-state index contributed by atoms with van der Waals surface area (Å²) in [7, 11) is -3.24. The van der Waals surface area contributed by atoms with E-state index in [1.807, 2.05) is 0 Å². The molecule has 0 amide bonds. The molecule has 0 aromatic heterocycles. The molecule has 1 aromatic carbocycles. The quantitative estimate of drug-likeness (QED) is 0.887. The molecular weight excluding hydrogens is 234 g/mol. The van der Waals surface area contributed by atoms with Crippen LogP contribution in [0.2, 0.25) is 5.02 Å². The molecule has 0 aliphatic rings. The summed E-state index contributed by atoms with van der Waals surface area (Å²) in [4.78, 5) is 0. The summed E-state index contributed by atoms with van der Waals surface area (Å²) in [6.07, 6.45) is 0. The van der Waals surface area contributed by atoms with Gasteiger partial charge < -0.3 is 0 Å². The van der Waals surface area contributed by atoms with Gasteiger partial charge in [-0.3, -0.25) is 0 Å². The average molecular weight is 248 g/mol. The van der Waals surface area contributed by atoms with Crippen LogP contribution in [0.4, 0.5) is 0 Å². The van der Waals surface area contributed by atoms with E-state index in [2.05, 4.69) is 4.72 Å². The molecule has 3 nitrogen and oxygen atoms in total. The predicted octanol–water partition coefficient (Wildman–Crippen LogP) is 2.17. The summed E-state index contributed by atoms with van der Waals surface area (Å²) < 4.78 is 25.6. The van der Waals surface area contributed by atoms with Crippen molar-refractivity contribution >= 4 is 21.6 Å². The standard InChI is InChI=1S/C10H14ClNO2S/c1-8(2)12-15(13,14)7-9-3-5-10(11)6-4-9/h3-6,8,12H,7H2,1-2H3. The molecule has 0 saturated carbocycles. The Bertz CT molecular complexity index is 412. The summed E-state index contributed by atoms with van der Waals surface area (Å²) in [6, 6.07) is 6.70. The van der Waals surface area contributed by atoms with E-state index in [-0.39, 0.29) is 11.8 Å². The van der Waals surface area contributed by atoms with Gasteiger partial charge in [0.1, 0.15) is 0 Å². The second-order valence-electron chi connectivity index (χ2n) is 3.66. The molecule has 0 spiro atoms. The minimum Gasteiger partial charge on any atom is -0.212 e. The molecule has 84 valence electrons. The Balaban J connectivity index is 2.73. The van der Waals surface area contributed by atoms with Gasteiger partial charge in [0.25, 0.3) is 0 Å². The molecule has 0 fully saturated rings. The molecule has 0 radical (unpaired) electrons. The van der Waals surface area contributed by atoms with Crippen LogP contribution in [0.5, 0.6) is 0 Å². The van der Waals surface area contributed by atoms with Crippen molar-refractivity contribution in [2.45, 2.75) is 25.6 Å². The first-order valence-electron chi connectivity index (χ1n) is 4.63. The molecule has 1 aromatic rings. The number of rotatable bonds is 4. The van der Waals surface area contributed by atoms with Gasteiger partial charge in [0, 0.05) is 11.1 Å². The number of nitrogens with one attached hydrogen (secondary N) is 1. The van der Waals surface area contributed by atoms with Crippen LogP contribution in [-0.2, 0) is 15.8 Å². The van der Waals surface area contributed by atoms with Crippen molar-refractivity contribution in [3.05, 3.63) is 34.9 Å². The molecule has 5 heteroatoms. The summed E-state index contributed by atoms with van der Waals surface area (Å²) in [6.45, 7) is 3.58. The Morgan fingerprint density at radius 1 is 1.27 bits per heavy atom. The molecular formula is C10H14ClNO2S. The summed E-state index contributed by atoms with van der Waals surface area (Å²) in [5, 5.41) is 0.605. The van der Waals surface area contributed by atoms with E-state index < -0.39 is 10.0 Å².